The number of carbonyl (C=O) groups is 1. The van der Waals surface area contributed by atoms with Gasteiger partial charge in [-0.15, -0.1) is 0 Å². The van der Waals surface area contributed by atoms with E-state index in [1.54, 1.807) is 24.3 Å². The van der Waals surface area contributed by atoms with Crippen molar-refractivity contribution in [3.05, 3.63) is 53.7 Å². The lowest BCUT2D eigenvalue weighted by Crippen LogP contribution is -2.62. The fourth-order valence-electron chi connectivity index (χ4n) is 4.18. The SMILES string of the molecule is C[C@H]1[C@H](NC(=O)c2ccc(Sc3ccc(C(F)(F)F)cn3)cc2)C2CCN1CC2. The van der Waals surface area contributed by atoms with E-state index in [-0.39, 0.29) is 11.9 Å². The molecule has 4 heterocycles. The Morgan fingerprint density at radius 2 is 1.83 bits per heavy atom. The van der Waals surface area contributed by atoms with E-state index >= 15 is 0 Å². The molecular formula is C21H22F3N3OS. The zero-order valence-corrected chi connectivity index (χ0v) is 16.8. The molecule has 154 valence electrons. The highest BCUT2D eigenvalue weighted by molar-refractivity contribution is 7.99. The maximum atomic E-state index is 12.7. The topological polar surface area (TPSA) is 45.2 Å². The number of hydrogen-bond acceptors (Lipinski definition) is 4. The van der Waals surface area contributed by atoms with Crippen molar-refractivity contribution >= 4 is 17.7 Å². The molecule has 5 rings (SSSR count). The first-order valence-electron chi connectivity index (χ1n) is 9.67. The van der Waals surface area contributed by atoms with E-state index in [4.69, 9.17) is 0 Å². The van der Waals surface area contributed by atoms with Crippen LogP contribution in [0.2, 0.25) is 0 Å². The number of halogens is 3. The maximum Gasteiger partial charge on any atom is 0.417 e. The summed E-state index contributed by atoms with van der Waals surface area (Å²) >= 11 is 1.26. The van der Waals surface area contributed by atoms with Gasteiger partial charge < -0.3 is 5.32 Å². The number of carbonyl (C=O) groups excluding carboxylic acids is 1. The van der Waals surface area contributed by atoms with Gasteiger partial charge in [-0.25, -0.2) is 4.98 Å². The molecule has 1 aromatic heterocycles. The van der Waals surface area contributed by atoms with Crippen LogP contribution in [-0.2, 0) is 6.18 Å². The van der Waals surface area contributed by atoms with Gasteiger partial charge in [0, 0.05) is 28.7 Å². The normalized spacial score (nSPS) is 26.3. The minimum absolute atomic E-state index is 0.0835. The standard InChI is InChI=1S/C21H22F3N3OS/c1-13-19(14-8-10-27(13)11-9-14)26-20(28)15-2-5-17(6-3-15)29-18-7-4-16(12-25-18)21(22,23)24/h2-7,12-14,19H,8-11H2,1H3,(H,26,28)/t13-,19-/m0/s1. The summed E-state index contributed by atoms with van der Waals surface area (Å²) in [6.07, 6.45) is -1.30. The van der Waals surface area contributed by atoms with E-state index < -0.39 is 11.7 Å². The Bertz CT molecular complexity index is 860. The fraction of sp³-hybridized carbons (Fsp3) is 0.429. The number of nitrogens with zero attached hydrogens (tertiary/aromatic N) is 2. The van der Waals surface area contributed by atoms with E-state index in [0.717, 1.165) is 43.1 Å². The molecule has 3 fully saturated rings. The Labute approximate surface area is 171 Å². The van der Waals surface area contributed by atoms with Crippen LogP contribution in [0.15, 0.2) is 52.5 Å². The van der Waals surface area contributed by atoms with Crippen LogP contribution in [-0.4, -0.2) is 41.0 Å². The van der Waals surface area contributed by atoms with Crippen LogP contribution < -0.4 is 5.32 Å². The van der Waals surface area contributed by atoms with Crippen molar-refractivity contribution in [2.45, 2.75) is 47.9 Å². The quantitative estimate of drug-likeness (QED) is 0.792. The van der Waals surface area contributed by atoms with E-state index in [2.05, 4.69) is 22.1 Å². The first-order valence-corrected chi connectivity index (χ1v) is 10.5. The van der Waals surface area contributed by atoms with Crippen molar-refractivity contribution in [1.29, 1.82) is 0 Å². The van der Waals surface area contributed by atoms with E-state index in [9.17, 15) is 18.0 Å². The number of fused-ring (bicyclic) bond motifs is 3. The average Bonchev–Trinajstić information content (AvgIpc) is 2.71. The second-order valence-electron chi connectivity index (χ2n) is 7.62. The van der Waals surface area contributed by atoms with Crippen LogP contribution >= 0.6 is 11.8 Å². The smallest absolute Gasteiger partial charge is 0.347 e. The number of piperidine rings is 3. The van der Waals surface area contributed by atoms with Crippen LogP contribution in [0.3, 0.4) is 0 Å². The summed E-state index contributed by atoms with van der Waals surface area (Å²) in [5, 5.41) is 3.67. The molecule has 1 aromatic carbocycles. The molecule has 0 saturated carbocycles. The molecule has 0 radical (unpaired) electrons. The van der Waals surface area contributed by atoms with E-state index in [1.807, 2.05) is 0 Å². The average molecular weight is 421 g/mol. The van der Waals surface area contributed by atoms with Gasteiger partial charge in [0.25, 0.3) is 5.91 Å². The van der Waals surface area contributed by atoms with Gasteiger partial charge in [0.2, 0.25) is 0 Å². The van der Waals surface area contributed by atoms with Crippen LogP contribution in [0.25, 0.3) is 0 Å². The molecule has 0 aliphatic carbocycles. The van der Waals surface area contributed by atoms with Crippen LogP contribution in [0.4, 0.5) is 13.2 Å². The lowest BCUT2D eigenvalue weighted by Gasteiger charge is -2.49. The Kier molecular flexibility index (Phi) is 5.57. The minimum atomic E-state index is -4.39. The summed E-state index contributed by atoms with van der Waals surface area (Å²) in [6.45, 7) is 4.40. The summed E-state index contributed by atoms with van der Waals surface area (Å²) in [7, 11) is 0. The lowest BCUT2D eigenvalue weighted by molar-refractivity contribution is -0.137. The molecule has 2 aromatic rings. The molecule has 3 aliphatic rings. The lowest BCUT2D eigenvalue weighted by atomic mass is 9.79. The van der Waals surface area contributed by atoms with Gasteiger partial charge in [0.05, 0.1) is 5.56 Å². The summed E-state index contributed by atoms with van der Waals surface area (Å²) in [5.74, 6) is 0.458. The number of nitrogens with one attached hydrogen (secondary N) is 1. The van der Waals surface area contributed by atoms with Gasteiger partial charge in [-0.2, -0.15) is 13.2 Å². The highest BCUT2D eigenvalue weighted by Gasteiger charge is 2.40. The van der Waals surface area contributed by atoms with Crippen LogP contribution in [0.1, 0.15) is 35.7 Å². The Balaban J connectivity index is 1.38. The number of alkyl halides is 3. The largest absolute Gasteiger partial charge is 0.417 e. The first kappa shape index (κ1) is 20.2. The molecule has 1 N–H and O–H groups in total. The number of hydrogen-bond donors (Lipinski definition) is 1. The molecular weight excluding hydrogens is 399 g/mol. The third-order valence-electron chi connectivity index (χ3n) is 5.88. The predicted molar refractivity (Wildman–Crippen MR) is 105 cm³/mol. The first-order chi connectivity index (χ1) is 13.8. The Morgan fingerprint density at radius 1 is 1.14 bits per heavy atom. The Morgan fingerprint density at radius 3 is 2.38 bits per heavy atom. The fourth-order valence-corrected chi connectivity index (χ4v) is 4.94. The molecule has 8 heteroatoms. The summed E-state index contributed by atoms with van der Waals surface area (Å²) < 4.78 is 37.9. The van der Waals surface area contributed by atoms with Crippen molar-refractivity contribution in [3.8, 4) is 0 Å². The Hall–Kier alpha value is -2.06. The highest BCUT2D eigenvalue weighted by Crippen LogP contribution is 2.33. The molecule has 2 atom stereocenters. The molecule has 0 spiro atoms. The van der Waals surface area contributed by atoms with Gasteiger partial charge in [-0.1, -0.05) is 11.8 Å². The van der Waals surface area contributed by atoms with Gasteiger partial charge in [-0.3, -0.25) is 9.69 Å². The van der Waals surface area contributed by atoms with Crippen molar-refractivity contribution in [3.63, 3.8) is 0 Å². The van der Waals surface area contributed by atoms with Gasteiger partial charge in [0.1, 0.15) is 5.03 Å². The zero-order chi connectivity index (χ0) is 20.6. The summed E-state index contributed by atoms with van der Waals surface area (Å²) in [6, 6.07) is 9.97. The molecule has 0 unspecified atom stereocenters. The number of pyridine rings is 1. The predicted octanol–water partition coefficient (Wildman–Crippen LogP) is 4.46. The third-order valence-corrected chi connectivity index (χ3v) is 6.84. The molecule has 3 saturated heterocycles. The highest BCUT2D eigenvalue weighted by atomic mass is 32.2. The summed E-state index contributed by atoms with van der Waals surface area (Å²) in [4.78, 5) is 19.8. The molecule has 4 nitrogen and oxygen atoms in total. The minimum Gasteiger partial charge on any atom is -0.347 e. The molecule has 2 bridgehead atoms. The van der Waals surface area contributed by atoms with Crippen molar-refractivity contribution in [2.75, 3.05) is 13.1 Å². The third kappa shape index (κ3) is 4.43. The number of aromatic nitrogens is 1. The van der Waals surface area contributed by atoms with E-state index in [0.29, 0.717) is 22.5 Å². The van der Waals surface area contributed by atoms with Crippen molar-refractivity contribution in [2.24, 2.45) is 5.92 Å². The van der Waals surface area contributed by atoms with Crippen LogP contribution in [0, 0.1) is 5.92 Å². The second kappa shape index (κ2) is 7.99. The zero-order valence-electron chi connectivity index (χ0n) is 15.9. The summed E-state index contributed by atoms with van der Waals surface area (Å²) in [5.41, 5.74) is -0.186. The number of benzene rings is 1. The molecule has 1 amide bonds. The van der Waals surface area contributed by atoms with Gasteiger partial charge >= 0.3 is 6.18 Å². The van der Waals surface area contributed by atoms with Crippen molar-refractivity contribution in [1.82, 2.24) is 15.2 Å². The van der Waals surface area contributed by atoms with Gasteiger partial charge in [-0.05, 0) is 75.2 Å². The number of rotatable bonds is 4. The molecule has 3 aliphatic heterocycles. The van der Waals surface area contributed by atoms with Crippen molar-refractivity contribution < 1.29 is 18.0 Å². The molecule has 29 heavy (non-hydrogen) atoms. The second-order valence-corrected chi connectivity index (χ2v) is 8.72. The van der Waals surface area contributed by atoms with Gasteiger partial charge in [0.15, 0.2) is 0 Å². The maximum absolute atomic E-state index is 12.7. The van der Waals surface area contributed by atoms with E-state index in [1.165, 1.54) is 17.8 Å². The monoisotopic (exact) mass is 421 g/mol. The van der Waals surface area contributed by atoms with Crippen LogP contribution in [0.5, 0.6) is 0 Å². The number of amides is 1.